The van der Waals surface area contributed by atoms with Gasteiger partial charge >= 0.3 is 0 Å². The number of nitrogens with one attached hydrogen (secondary N) is 1. The largest absolute Gasteiger partial charge is 0.385 e. The summed E-state index contributed by atoms with van der Waals surface area (Å²) in [7, 11) is 1.81. The summed E-state index contributed by atoms with van der Waals surface area (Å²) in [5.74, 6) is 0. The van der Waals surface area contributed by atoms with Gasteiger partial charge in [0.1, 0.15) is 0 Å². The summed E-state index contributed by atoms with van der Waals surface area (Å²) in [4.78, 5) is 2.82. The van der Waals surface area contributed by atoms with E-state index in [0.717, 1.165) is 31.3 Å². The number of piperidine rings is 2. The molecule has 2 fully saturated rings. The van der Waals surface area contributed by atoms with Crippen molar-refractivity contribution < 1.29 is 4.74 Å². The zero-order valence-corrected chi connectivity index (χ0v) is 12.3. The first-order chi connectivity index (χ1) is 8.76. The number of hydrogen-bond donors (Lipinski definition) is 1. The fourth-order valence-corrected chi connectivity index (χ4v) is 4.03. The van der Waals surface area contributed by atoms with E-state index in [1.54, 1.807) is 0 Å². The maximum atomic E-state index is 5.25. The van der Waals surface area contributed by atoms with E-state index in [4.69, 9.17) is 4.74 Å². The Morgan fingerprint density at radius 3 is 2.50 bits per heavy atom. The molecular weight excluding hydrogens is 224 g/mol. The van der Waals surface area contributed by atoms with Gasteiger partial charge in [-0.1, -0.05) is 13.3 Å². The molecule has 1 N–H and O–H groups in total. The normalized spacial score (nSPS) is 34.5. The Balaban J connectivity index is 1.95. The van der Waals surface area contributed by atoms with Gasteiger partial charge in [-0.3, -0.25) is 4.90 Å². The van der Waals surface area contributed by atoms with Gasteiger partial charge in [-0.25, -0.2) is 0 Å². The standard InChI is InChI=1S/C15H30N2O/c1-4-16-13-10-14-6-5-7-15(11-13)17(14)12(2)8-9-18-3/h12-16H,4-11H2,1-3H3. The van der Waals surface area contributed by atoms with Gasteiger partial charge in [0.2, 0.25) is 0 Å². The highest BCUT2D eigenvalue weighted by Crippen LogP contribution is 2.36. The van der Waals surface area contributed by atoms with Crippen molar-refractivity contribution in [1.29, 1.82) is 0 Å². The second-order valence-corrected chi connectivity index (χ2v) is 6.04. The van der Waals surface area contributed by atoms with Crippen LogP contribution in [0.3, 0.4) is 0 Å². The molecule has 2 bridgehead atoms. The van der Waals surface area contributed by atoms with Crippen LogP contribution in [0.1, 0.15) is 52.4 Å². The minimum atomic E-state index is 0.683. The molecule has 0 aliphatic carbocycles. The minimum Gasteiger partial charge on any atom is -0.385 e. The molecule has 0 amide bonds. The van der Waals surface area contributed by atoms with Crippen molar-refractivity contribution >= 4 is 0 Å². The van der Waals surface area contributed by atoms with E-state index in [0.29, 0.717) is 6.04 Å². The first-order valence-corrected chi connectivity index (χ1v) is 7.76. The number of hydrogen-bond acceptors (Lipinski definition) is 3. The Morgan fingerprint density at radius 1 is 1.28 bits per heavy atom. The molecule has 0 aromatic heterocycles. The molecule has 106 valence electrons. The third-order valence-electron chi connectivity index (χ3n) is 4.77. The van der Waals surface area contributed by atoms with Crippen molar-refractivity contribution in [2.24, 2.45) is 0 Å². The van der Waals surface area contributed by atoms with Gasteiger partial charge < -0.3 is 10.1 Å². The summed E-state index contributed by atoms with van der Waals surface area (Å²) in [6, 6.07) is 3.07. The zero-order chi connectivity index (χ0) is 13.0. The molecule has 18 heavy (non-hydrogen) atoms. The third kappa shape index (κ3) is 3.25. The number of rotatable bonds is 6. The monoisotopic (exact) mass is 254 g/mol. The molecule has 3 nitrogen and oxygen atoms in total. The van der Waals surface area contributed by atoms with Gasteiger partial charge in [-0.05, 0) is 45.6 Å². The predicted molar refractivity (Wildman–Crippen MR) is 75.9 cm³/mol. The lowest BCUT2D eigenvalue weighted by Gasteiger charge is -2.51. The summed E-state index contributed by atoms with van der Waals surface area (Å²) in [5.41, 5.74) is 0. The summed E-state index contributed by atoms with van der Waals surface area (Å²) in [5, 5.41) is 3.66. The average Bonchev–Trinajstić information content (AvgIpc) is 2.35. The SMILES string of the molecule is CCNC1CC2CCCC(C1)N2C(C)CCOC. The predicted octanol–water partition coefficient (Wildman–Crippen LogP) is 2.41. The smallest absolute Gasteiger partial charge is 0.0477 e. The van der Waals surface area contributed by atoms with Gasteiger partial charge in [0.25, 0.3) is 0 Å². The molecule has 3 heteroatoms. The fraction of sp³-hybridized carbons (Fsp3) is 1.00. The third-order valence-corrected chi connectivity index (χ3v) is 4.77. The summed E-state index contributed by atoms with van der Waals surface area (Å²) < 4.78 is 5.25. The van der Waals surface area contributed by atoms with Crippen molar-refractivity contribution in [3.8, 4) is 0 Å². The van der Waals surface area contributed by atoms with E-state index < -0.39 is 0 Å². The van der Waals surface area contributed by atoms with Crippen LogP contribution in [-0.2, 0) is 4.74 Å². The summed E-state index contributed by atoms with van der Waals surface area (Å²) in [6.45, 7) is 6.62. The molecule has 0 saturated carbocycles. The van der Waals surface area contributed by atoms with Gasteiger partial charge in [-0.15, -0.1) is 0 Å². The zero-order valence-electron chi connectivity index (χ0n) is 12.3. The number of ether oxygens (including phenoxy) is 1. The van der Waals surface area contributed by atoms with Crippen LogP contribution in [0.25, 0.3) is 0 Å². The van der Waals surface area contributed by atoms with E-state index >= 15 is 0 Å². The average molecular weight is 254 g/mol. The molecule has 0 radical (unpaired) electrons. The Morgan fingerprint density at radius 2 is 1.94 bits per heavy atom. The molecule has 3 unspecified atom stereocenters. The molecule has 2 rings (SSSR count). The molecule has 0 spiro atoms. The second kappa shape index (κ2) is 6.88. The van der Waals surface area contributed by atoms with Crippen molar-refractivity contribution in [3.05, 3.63) is 0 Å². The highest BCUT2D eigenvalue weighted by Gasteiger charge is 2.39. The van der Waals surface area contributed by atoms with Gasteiger partial charge in [0, 0.05) is 37.9 Å². The molecule has 2 aliphatic heterocycles. The highest BCUT2D eigenvalue weighted by molar-refractivity contribution is 4.96. The fourth-order valence-electron chi connectivity index (χ4n) is 4.03. The van der Waals surface area contributed by atoms with E-state index in [2.05, 4.69) is 24.1 Å². The topological polar surface area (TPSA) is 24.5 Å². The second-order valence-electron chi connectivity index (χ2n) is 6.04. The first kappa shape index (κ1) is 14.3. The maximum absolute atomic E-state index is 5.25. The number of nitrogens with zero attached hydrogens (tertiary/aromatic N) is 1. The van der Waals surface area contributed by atoms with Gasteiger partial charge in [0.15, 0.2) is 0 Å². The molecule has 3 atom stereocenters. The lowest BCUT2D eigenvalue weighted by molar-refractivity contribution is -0.0136. The molecule has 2 saturated heterocycles. The Kier molecular flexibility index (Phi) is 5.46. The maximum Gasteiger partial charge on any atom is 0.0477 e. The van der Waals surface area contributed by atoms with Gasteiger partial charge in [0.05, 0.1) is 0 Å². The van der Waals surface area contributed by atoms with Crippen LogP contribution in [0.15, 0.2) is 0 Å². The van der Waals surface area contributed by atoms with E-state index in [1.807, 2.05) is 7.11 Å². The lowest BCUT2D eigenvalue weighted by Crippen LogP contribution is -2.59. The Labute approximate surface area is 112 Å². The van der Waals surface area contributed by atoms with Crippen molar-refractivity contribution in [1.82, 2.24) is 10.2 Å². The van der Waals surface area contributed by atoms with Crippen LogP contribution >= 0.6 is 0 Å². The molecule has 2 heterocycles. The van der Waals surface area contributed by atoms with Crippen LogP contribution in [0.4, 0.5) is 0 Å². The van der Waals surface area contributed by atoms with Crippen molar-refractivity contribution in [2.75, 3.05) is 20.3 Å². The van der Waals surface area contributed by atoms with Crippen LogP contribution in [0.5, 0.6) is 0 Å². The van der Waals surface area contributed by atoms with Crippen molar-refractivity contribution in [3.63, 3.8) is 0 Å². The quantitative estimate of drug-likeness (QED) is 0.788. The van der Waals surface area contributed by atoms with Crippen LogP contribution in [0.2, 0.25) is 0 Å². The summed E-state index contributed by atoms with van der Waals surface area (Å²) >= 11 is 0. The molecule has 2 aliphatic rings. The van der Waals surface area contributed by atoms with E-state index in [-0.39, 0.29) is 0 Å². The van der Waals surface area contributed by atoms with Crippen LogP contribution in [0, 0.1) is 0 Å². The van der Waals surface area contributed by atoms with Crippen LogP contribution in [-0.4, -0.2) is 49.3 Å². The van der Waals surface area contributed by atoms with Crippen molar-refractivity contribution in [2.45, 2.75) is 76.5 Å². The van der Waals surface area contributed by atoms with Gasteiger partial charge in [-0.2, -0.15) is 0 Å². The summed E-state index contributed by atoms with van der Waals surface area (Å²) in [6.07, 6.45) is 8.10. The van der Waals surface area contributed by atoms with E-state index in [1.165, 1.54) is 38.5 Å². The van der Waals surface area contributed by atoms with Crippen LogP contribution < -0.4 is 5.32 Å². The molecular formula is C15H30N2O. The molecule has 0 aromatic carbocycles. The minimum absolute atomic E-state index is 0.683. The Bertz CT molecular complexity index is 233. The highest BCUT2D eigenvalue weighted by atomic mass is 16.5. The Hall–Kier alpha value is -0.120. The number of fused-ring (bicyclic) bond motifs is 2. The number of methoxy groups -OCH3 is 1. The molecule has 0 aromatic rings. The lowest BCUT2D eigenvalue weighted by atomic mass is 9.80. The first-order valence-electron chi connectivity index (χ1n) is 7.76. The van der Waals surface area contributed by atoms with E-state index in [9.17, 15) is 0 Å².